The minimum atomic E-state index is -0.245. The number of carbonyl (C=O) groups is 1. The summed E-state index contributed by atoms with van der Waals surface area (Å²) in [6.07, 6.45) is 1.27. The molecule has 1 saturated heterocycles. The Morgan fingerprint density at radius 3 is 2.38 bits per heavy atom. The first-order valence-electron chi connectivity index (χ1n) is 7.55. The summed E-state index contributed by atoms with van der Waals surface area (Å²) >= 11 is 1.66. The van der Waals surface area contributed by atoms with Crippen LogP contribution in [0.25, 0.3) is 0 Å². The van der Waals surface area contributed by atoms with Crippen LogP contribution in [0.1, 0.15) is 71.1 Å². The highest BCUT2D eigenvalue weighted by Crippen LogP contribution is 2.38. The van der Waals surface area contributed by atoms with Crippen LogP contribution in [0.5, 0.6) is 0 Å². The van der Waals surface area contributed by atoms with E-state index in [1.54, 1.807) is 11.3 Å². The number of hydrogen-bond acceptors (Lipinski definition) is 4. The van der Waals surface area contributed by atoms with Crippen molar-refractivity contribution >= 4 is 17.2 Å². The van der Waals surface area contributed by atoms with Crippen LogP contribution in [0.15, 0.2) is 5.38 Å². The fourth-order valence-electron chi connectivity index (χ4n) is 2.82. The summed E-state index contributed by atoms with van der Waals surface area (Å²) in [6, 6.07) is -0.157. The van der Waals surface area contributed by atoms with Crippen LogP contribution in [-0.4, -0.2) is 27.4 Å². The van der Waals surface area contributed by atoms with Crippen molar-refractivity contribution in [2.75, 3.05) is 0 Å². The van der Waals surface area contributed by atoms with E-state index < -0.39 is 0 Å². The number of thiazole rings is 1. The lowest BCUT2D eigenvalue weighted by Crippen LogP contribution is -2.56. The minimum absolute atomic E-state index is 0.0260. The second-order valence-corrected chi connectivity index (χ2v) is 8.77. The maximum Gasteiger partial charge on any atom is 0.223 e. The zero-order valence-corrected chi connectivity index (χ0v) is 14.8. The van der Waals surface area contributed by atoms with Gasteiger partial charge in [-0.15, -0.1) is 11.3 Å². The van der Waals surface area contributed by atoms with Crippen LogP contribution < -0.4 is 5.73 Å². The van der Waals surface area contributed by atoms with Gasteiger partial charge in [-0.1, -0.05) is 20.8 Å². The molecule has 0 spiro atoms. The van der Waals surface area contributed by atoms with Crippen LogP contribution >= 0.6 is 11.3 Å². The van der Waals surface area contributed by atoms with Gasteiger partial charge >= 0.3 is 0 Å². The van der Waals surface area contributed by atoms with E-state index in [4.69, 9.17) is 10.7 Å². The monoisotopic (exact) mass is 309 g/mol. The molecule has 118 valence electrons. The van der Waals surface area contributed by atoms with Gasteiger partial charge in [-0.25, -0.2) is 4.98 Å². The van der Waals surface area contributed by atoms with Crippen molar-refractivity contribution in [2.24, 2.45) is 5.73 Å². The van der Waals surface area contributed by atoms with Gasteiger partial charge in [0.05, 0.1) is 16.7 Å². The summed E-state index contributed by atoms with van der Waals surface area (Å²) in [7, 11) is 0. The number of nitrogens with two attached hydrogens (primary N) is 1. The topological polar surface area (TPSA) is 59.2 Å². The molecule has 0 bridgehead atoms. The Morgan fingerprint density at radius 1 is 1.29 bits per heavy atom. The molecule has 1 aromatic rings. The number of rotatable bonds is 1. The van der Waals surface area contributed by atoms with E-state index in [-0.39, 0.29) is 28.9 Å². The van der Waals surface area contributed by atoms with Crippen LogP contribution in [0.3, 0.4) is 0 Å². The maximum atomic E-state index is 12.4. The number of nitrogens with zero attached hydrogens (tertiary/aromatic N) is 2. The van der Waals surface area contributed by atoms with Gasteiger partial charge in [0.15, 0.2) is 0 Å². The molecule has 21 heavy (non-hydrogen) atoms. The van der Waals surface area contributed by atoms with Crippen molar-refractivity contribution in [1.29, 1.82) is 0 Å². The van der Waals surface area contributed by atoms with Gasteiger partial charge in [0.25, 0.3) is 0 Å². The van der Waals surface area contributed by atoms with E-state index in [1.165, 1.54) is 0 Å². The summed E-state index contributed by atoms with van der Waals surface area (Å²) in [6.45, 7) is 12.7. The van der Waals surface area contributed by atoms with Gasteiger partial charge < -0.3 is 10.6 Å². The van der Waals surface area contributed by atoms with Crippen LogP contribution in [0, 0.1) is 0 Å². The zero-order valence-electron chi connectivity index (χ0n) is 13.9. The lowest BCUT2D eigenvalue weighted by molar-refractivity contribution is -0.144. The van der Waals surface area contributed by atoms with E-state index in [9.17, 15) is 4.79 Å². The third-order valence-corrected chi connectivity index (χ3v) is 5.12. The molecule has 2 atom stereocenters. The summed E-state index contributed by atoms with van der Waals surface area (Å²) in [5.74, 6) is 0.180. The quantitative estimate of drug-likeness (QED) is 0.866. The lowest BCUT2D eigenvalue weighted by Gasteiger charge is -2.46. The van der Waals surface area contributed by atoms with Crippen molar-refractivity contribution in [2.45, 2.75) is 77.4 Å². The Balaban J connectivity index is 2.42. The molecule has 5 heteroatoms. The molecule has 0 radical (unpaired) electrons. The van der Waals surface area contributed by atoms with Crippen molar-refractivity contribution in [3.8, 4) is 0 Å². The molecule has 1 aliphatic heterocycles. The lowest BCUT2D eigenvalue weighted by atomic mass is 9.89. The fourth-order valence-corrected chi connectivity index (χ4v) is 3.76. The Hall–Kier alpha value is -0.940. The maximum absolute atomic E-state index is 12.4. The fraction of sp³-hybridized carbons (Fsp3) is 0.750. The average molecular weight is 309 g/mol. The predicted molar refractivity (Wildman–Crippen MR) is 87.4 cm³/mol. The average Bonchev–Trinajstić information content (AvgIpc) is 2.79. The predicted octanol–water partition coefficient (Wildman–Crippen LogP) is 3.23. The van der Waals surface area contributed by atoms with Crippen molar-refractivity contribution < 1.29 is 4.79 Å². The molecule has 1 amide bonds. The Morgan fingerprint density at radius 2 is 1.90 bits per heavy atom. The molecule has 0 saturated carbocycles. The van der Waals surface area contributed by atoms with E-state index in [0.29, 0.717) is 6.42 Å². The van der Waals surface area contributed by atoms with E-state index in [0.717, 1.165) is 17.1 Å². The first kappa shape index (κ1) is 16.4. The van der Waals surface area contributed by atoms with Gasteiger partial charge in [0, 0.05) is 28.8 Å². The highest BCUT2D eigenvalue weighted by Gasteiger charge is 2.42. The Labute approximate surface area is 131 Å². The van der Waals surface area contributed by atoms with Gasteiger partial charge in [0.1, 0.15) is 0 Å². The van der Waals surface area contributed by atoms with Gasteiger partial charge in [-0.05, 0) is 27.2 Å². The van der Waals surface area contributed by atoms with E-state index >= 15 is 0 Å². The first-order valence-corrected chi connectivity index (χ1v) is 8.43. The van der Waals surface area contributed by atoms with Crippen LogP contribution in [-0.2, 0) is 10.2 Å². The minimum Gasteiger partial charge on any atom is -0.328 e. The summed E-state index contributed by atoms with van der Waals surface area (Å²) in [5.41, 5.74) is 7.08. The number of likely N-dealkylation sites (tertiary alicyclic amines) is 1. The second kappa shape index (κ2) is 5.36. The molecule has 2 unspecified atom stereocenters. The third kappa shape index (κ3) is 3.29. The van der Waals surface area contributed by atoms with Crippen molar-refractivity contribution in [1.82, 2.24) is 9.88 Å². The van der Waals surface area contributed by atoms with Gasteiger partial charge in [-0.2, -0.15) is 0 Å². The molecule has 0 aromatic carbocycles. The third-order valence-electron chi connectivity index (χ3n) is 3.83. The van der Waals surface area contributed by atoms with Gasteiger partial charge in [0.2, 0.25) is 5.91 Å². The molecule has 1 aromatic heterocycles. The highest BCUT2D eigenvalue weighted by atomic mass is 32.1. The smallest absolute Gasteiger partial charge is 0.223 e. The molecular weight excluding hydrogens is 282 g/mol. The summed E-state index contributed by atoms with van der Waals surface area (Å²) in [4.78, 5) is 19.2. The Bertz CT molecular complexity index is 524. The molecular formula is C16H27N3OS. The molecule has 1 fully saturated rings. The first-order chi connectivity index (χ1) is 9.51. The number of carbonyl (C=O) groups excluding carboxylic acids is 1. The molecule has 4 nitrogen and oxygen atoms in total. The molecule has 0 aliphatic carbocycles. The van der Waals surface area contributed by atoms with Gasteiger partial charge in [-0.3, -0.25) is 4.79 Å². The van der Waals surface area contributed by atoms with Crippen molar-refractivity contribution in [3.63, 3.8) is 0 Å². The molecule has 2 N–H and O–H groups in total. The van der Waals surface area contributed by atoms with Crippen LogP contribution in [0.4, 0.5) is 0 Å². The number of hydrogen-bond donors (Lipinski definition) is 1. The molecule has 2 rings (SSSR count). The number of amides is 1. The largest absolute Gasteiger partial charge is 0.328 e. The standard InChI is InChI=1S/C16H27N3OS/c1-15(2,3)14-18-11(9-21-14)13-10(17)7-8-12(20)19(13)16(4,5)6/h9-10,13H,7-8,17H2,1-6H3. The number of piperidine rings is 1. The second-order valence-electron chi connectivity index (χ2n) is 7.91. The summed E-state index contributed by atoms with van der Waals surface area (Å²) in [5, 5.41) is 3.17. The normalized spacial score (nSPS) is 24.5. The SMILES string of the molecule is CC(C)(C)c1nc(C2C(N)CCC(=O)N2C(C)(C)C)cs1. The van der Waals surface area contributed by atoms with Crippen LogP contribution in [0.2, 0.25) is 0 Å². The highest BCUT2D eigenvalue weighted by molar-refractivity contribution is 7.09. The van der Waals surface area contributed by atoms with E-state index in [2.05, 4.69) is 46.9 Å². The summed E-state index contributed by atoms with van der Waals surface area (Å²) < 4.78 is 0. The number of aromatic nitrogens is 1. The van der Waals surface area contributed by atoms with Crippen molar-refractivity contribution in [3.05, 3.63) is 16.1 Å². The zero-order chi connectivity index (χ0) is 16.0. The molecule has 2 heterocycles. The molecule has 1 aliphatic rings. The van der Waals surface area contributed by atoms with E-state index in [1.807, 2.05) is 4.90 Å². The Kier molecular flexibility index (Phi) is 4.19.